The van der Waals surface area contributed by atoms with Crippen molar-refractivity contribution < 1.29 is 19.1 Å². The number of aromatic amines is 2. The average Bonchev–Trinajstić information content (AvgIpc) is 4.12. The Kier molecular flexibility index (Phi) is 11.2. The highest BCUT2D eigenvalue weighted by molar-refractivity contribution is 5.87. The topological polar surface area (TPSA) is 136 Å². The number of alkyl carbamates (subject to hydrolysis) is 1. The van der Waals surface area contributed by atoms with Crippen LogP contribution in [-0.4, -0.2) is 67.8 Å². The maximum Gasteiger partial charge on any atom is 0.407 e. The number of amides is 3. The molecule has 0 saturated carbocycles. The van der Waals surface area contributed by atoms with Gasteiger partial charge < -0.3 is 29.8 Å². The van der Waals surface area contributed by atoms with Gasteiger partial charge in [0.25, 0.3) is 5.91 Å². The van der Waals surface area contributed by atoms with Gasteiger partial charge in [-0.1, -0.05) is 103 Å². The fourth-order valence-corrected chi connectivity index (χ4v) is 7.99. The highest BCUT2D eigenvalue weighted by Crippen LogP contribution is 2.35. The summed E-state index contributed by atoms with van der Waals surface area (Å²) in [6, 6.07) is 34.4. The molecule has 2 fully saturated rings. The molecule has 2 saturated heterocycles. The van der Waals surface area contributed by atoms with E-state index in [-0.39, 0.29) is 29.8 Å². The van der Waals surface area contributed by atoms with E-state index in [1.807, 2.05) is 90.8 Å². The summed E-state index contributed by atoms with van der Waals surface area (Å²) in [6.45, 7) is 3.27. The SMILES string of the molecule is COC(=O)N[C@@H](C(=O)N1CCC[C@H]1c1ncc(C#Cc2ccc(-c3ccc(-c4cnc([C@@H]5CCCN5C(=O)[C@H](C)c5ccccc5)[nH]4)cc3)cc2)[nH]1)c1ccccc1. The zero-order valence-corrected chi connectivity index (χ0v) is 32.5. The molecule has 0 bridgehead atoms. The number of H-pyrrole nitrogens is 2. The monoisotopic (exact) mass is 771 g/mol. The minimum Gasteiger partial charge on any atom is -0.453 e. The standard InChI is InChI=1S/C47H45N7O4/c1-31(33-11-5-3-6-12-33)45(55)53-27-9-16-41(53)44-49-30-39(51-44)36-24-22-35(23-25-36)34-20-17-32(18-21-34)19-26-38-29-48-43(50-38)40-15-10-28-54(40)46(56)42(52-47(57)58-2)37-13-7-4-8-14-37/h3-8,11-14,17-18,20-25,29-31,40-42H,9-10,15-16,27-28H2,1-2H3,(H,48,50)(H,49,51)(H,52,57)/t31-,40+,41+,42-/m1/s1. The van der Waals surface area contributed by atoms with Crippen LogP contribution in [0.4, 0.5) is 4.79 Å². The lowest BCUT2D eigenvalue weighted by Crippen LogP contribution is -2.42. The number of ether oxygens (including phenoxy) is 1. The second-order valence-corrected chi connectivity index (χ2v) is 14.8. The third kappa shape index (κ3) is 8.13. The normalized spacial score (nSPS) is 17.3. The summed E-state index contributed by atoms with van der Waals surface area (Å²) in [5.74, 6) is 7.61. The summed E-state index contributed by atoms with van der Waals surface area (Å²) in [6.07, 6.45) is 6.28. The second kappa shape index (κ2) is 17.1. The molecule has 58 heavy (non-hydrogen) atoms. The van der Waals surface area contributed by atoms with E-state index in [9.17, 15) is 14.4 Å². The Bertz CT molecular complexity index is 2430. The van der Waals surface area contributed by atoms with Crippen molar-refractivity contribution in [2.24, 2.45) is 0 Å². The average molecular weight is 772 g/mol. The number of methoxy groups -OCH3 is 1. The molecular formula is C47H45N7O4. The second-order valence-electron chi connectivity index (χ2n) is 14.8. The van der Waals surface area contributed by atoms with Gasteiger partial charge in [0, 0.05) is 18.7 Å². The van der Waals surface area contributed by atoms with Crippen molar-refractivity contribution in [2.45, 2.75) is 56.7 Å². The van der Waals surface area contributed by atoms with Gasteiger partial charge in [-0.3, -0.25) is 9.59 Å². The van der Waals surface area contributed by atoms with Crippen molar-refractivity contribution in [3.8, 4) is 34.2 Å². The molecule has 6 aromatic rings. The van der Waals surface area contributed by atoms with Gasteiger partial charge >= 0.3 is 6.09 Å². The zero-order valence-electron chi connectivity index (χ0n) is 32.5. The van der Waals surface area contributed by atoms with Crippen molar-refractivity contribution >= 4 is 17.9 Å². The first kappa shape index (κ1) is 38.0. The summed E-state index contributed by atoms with van der Waals surface area (Å²) in [5, 5.41) is 2.70. The number of aromatic nitrogens is 4. The van der Waals surface area contributed by atoms with E-state index in [1.165, 1.54) is 7.11 Å². The van der Waals surface area contributed by atoms with Crippen LogP contribution in [0.1, 0.15) is 90.7 Å². The number of rotatable bonds is 9. The number of imidazole rings is 2. The quantitative estimate of drug-likeness (QED) is 0.127. The predicted molar refractivity (Wildman–Crippen MR) is 221 cm³/mol. The first-order valence-electron chi connectivity index (χ1n) is 19.7. The lowest BCUT2D eigenvalue weighted by atomic mass is 9.99. The maximum absolute atomic E-state index is 13.8. The van der Waals surface area contributed by atoms with E-state index in [0.717, 1.165) is 71.6 Å². The fraction of sp³-hybridized carbons (Fsp3) is 0.255. The first-order chi connectivity index (χ1) is 28.4. The molecule has 2 aliphatic heterocycles. The van der Waals surface area contributed by atoms with E-state index < -0.39 is 12.1 Å². The van der Waals surface area contributed by atoms with Crippen LogP contribution in [0.25, 0.3) is 22.4 Å². The van der Waals surface area contributed by atoms with Crippen molar-refractivity contribution in [1.29, 1.82) is 0 Å². The third-order valence-electron chi connectivity index (χ3n) is 11.1. The minimum atomic E-state index is -0.879. The van der Waals surface area contributed by atoms with Crippen LogP contribution in [0.3, 0.4) is 0 Å². The highest BCUT2D eigenvalue weighted by atomic mass is 16.5. The van der Waals surface area contributed by atoms with Crippen LogP contribution < -0.4 is 5.32 Å². The smallest absolute Gasteiger partial charge is 0.407 e. The summed E-state index contributed by atoms with van der Waals surface area (Å²) in [7, 11) is 1.28. The molecule has 2 aliphatic rings. The number of hydrogen-bond donors (Lipinski definition) is 3. The molecule has 4 heterocycles. The lowest BCUT2D eigenvalue weighted by molar-refractivity contribution is -0.135. The summed E-state index contributed by atoms with van der Waals surface area (Å²) >= 11 is 0. The number of benzene rings is 4. The maximum atomic E-state index is 13.8. The number of nitrogens with zero attached hydrogens (tertiary/aromatic N) is 4. The molecule has 8 rings (SSSR count). The molecule has 3 N–H and O–H groups in total. The Balaban J connectivity index is 0.898. The fourth-order valence-electron chi connectivity index (χ4n) is 7.99. The highest BCUT2D eigenvalue weighted by Gasteiger charge is 2.37. The predicted octanol–water partition coefficient (Wildman–Crippen LogP) is 8.09. The van der Waals surface area contributed by atoms with Crippen molar-refractivity contribution in [2.75, 3.05) is 20.2 Å². The molecule has 11 heteroatoms. The lowest BCUT2D eigenvalue weighted by Gasteiger charge is -2.28. The van der Waals surface area contributed by atoms with Gasteiger partial charge in [-0.25, -0.2) is 14.8 Å². The molecule has 4 atom stereocenters. The number of hydrogen-bond acceptors (Lipinski definition) is 6. The van der Waals surface area contributed by atoms with Crippen LogP contribution >= 0.6 is 0 Å². The molecule has 2 aromatic heterocycles. The molecule has 292 valence electrons. The van der Waals surface area contributed by atoms with Gasteiger partial charge in [0.15, 0.2) is 0 Å². The Morgan fingerprint density at radius 2 is 1.24 bits per heavy atom. The van der Waals surface area contributed by atoms with Crippen molar-refractivity contribution in [1.82, 2.24) is 35.1 Å². The number of carbonyl (C=O) groups excluding carboxylic acids is 3. The van der Waals surface area contributed by atoms with Gasteiger partial charge in [-0.2, -0.15) is 0 Å². The number of likely N-dealkylation sites (tertiary alicyclic amines) is 2. The van der Waals surface area contributed by atoms with Crippen LogP contribution in [0.2, 0.25) is 0 Å². The van der Waals surface area contributed by atoms with Crippen LogP contribution in [0, 0.1) is 11.8 Å². The van der Waals surface area contributed by atoms with Crippen LogP contribution in [0.5, 0.6) is 0 Å². The minimum absolute atomic E-state index is 0.0617. The number of carbonyl (C=O) groups is 3. The van der Waals surface area contributed by atoms with Crippen LogP contribution in [-0.2, 0) is 14.3 Å². The first-order valence-corrected chi connectivity index (χ1v) is 19.7. The van der Waals surface area contributed by atoms with Crippen molar-refractivity contribution in [3.05, 3.63) is 156 Å². The molecule has 0 spiro atoms. The van der Waals surface area contributed by atoms with E-state index in [0.29, 0.717) is 23.6 Å². The van der Waals surface area contributed by atoms with E-state index in [4.69, 9.17) is 9.72 Å². The molecular weight excluding hydrogens is 727 g/mol. The molecule has 11 nitrogen and oxygen atoms in total. The van der Waals surface area contributed by atoms with Gasteiger partial charge in [0.05, 0.1) is 43.2 Å². The molecule has 0 unspecified atom stereocenters. The Labute approximate surface area is 337 Å². The Morgan fingerprint density at radius 1 is 0.690 bits per heavy atom. The van der Waals surface area contributed by atoms with Gasteiger partial charge in [-0.05, 0) is 78.5 Å². The van der Waals surface area contributed by atoms with E-state index >= 15 is 0 Å². The van der Waals surface area contributed by atoms with Crippen molar-refractivity contribution in [3.63, 3.8) is 0 Å². The molecule has 4 aromatic carbocycles. The molecule has 0 radical (unpaired) electrons. The van der Waals surface area contributed by atoms with E-state index in [2.05, 4.69) is 68.5 Å². The van der Waals surface area contributed by atoms with Gasteiger partial charge in [0.2, 0.25) is 5.91 Å². The Morgan fingerprint density at radius 3 is 1.88 bits per heavy atom. The summed E-state index contributed by atoms with van der Waals surface area (Å²) in [5.41, 5.74) is 7.31. The number of nitrogens with one attached hydrogen (secondary N) is 3. The summed E-state index contributed by atoms with van der Waals surface area (Å²) in [4.78, 5) is 59.4. The molecule has 3 amide bonds. The Hall–Kier alpha value is -6.93. The van der Waals surface area contributed by atoms with Crippen LogP contribution in [0.15, 0.2) is 122 Å². The largest absolute Gasteiger partial charge is 0.453 e. The van der Waals surface area contributed by atoms with Gasteiger partial charge in [0.1, 0.15) is 23.4 Å². The third-order valence-corrected chi connectivity index (χ3v) is 11.1. The summed E-state index contributed by atoms with van der Waals surface area (Å²) < 4.78 is 4.81. The van der Waals surface area contributed by atoms with Gasteiger partial charge in [-0.15, -0.1) is 0 Å². The van der Waals surface area contributed by atoms with E-state index in [1.54, 1.807) is 11.1 Å². The molecule has 0 aliphatic carbocycles. The zero-order chi connectivity index (χ0) is 40.0.